The highest BCUT2D eigenvalue weighted by Gasteiger charge is 2.38. The third-order valence-corrected chi connectivity index (χ3v) is 4.53. The lowest BCUT2D eigenvalue weighted by molar-refractivity contribution is -0.192. The molecule has 0 amide bonds. The van der Waals surface area contributed by atoms with E-state index in [-0.39, 0.29) is 18.8 Å². The third kappa shape index (κ3) is 5.38. The fraction of sp³-hybridized carbons (Fsp3) is 0.143. The van der Waals surface area contributed by atoms with Gasteiger partial charge in [0, 0.05) is 18.2 Å². The summed E-state index contributed by atoms with van der Waals surface area (Å²) in [7, 11) is 0. The Morgan fingerprint density at radius 1 is 1.12 bits per heavy atom. The van der Waals surface area contributed by atoms with Crippen LogP contribution in [-0.4, -0.2) is 43.1 Å². The number of alkyl halides is 3. The molecule has 13 heteroatoms. The molecule has 3 aromatic heterocycles. The normalized spacial score (nSPS) is 11.9. The molecule has 9 nitrogen and oxygen atoms in total. The molecule has 0 aliphatic carbocycles. The summed E-state index contributed by atoms with van der Waals surface area (Å²) in [5.41, 5.74) is 9.07. The van der Waals surface area contributed by atoms with Gasteiger partial charge in [0.05, 0.1) is 18.6 Å². The van der Waals surface area contributed by atoms with E-state index in [1.807, 2.05) is 36.4 Å². The zero-order valence-corrected chi connectivity index (χ0v) is 17.2. The number of benzene rings is 1. The van der Waals surface area contributed by atoms with Gasteiger partial charge in [-0.3, -0.25) is 0 Å². The molecule has 3 N–H and O–H groups in total. The minimum Gasteiger partial charge on any atom is -0.475 e. The first-order valence-electron chi connectivity index (χ1n) is 9.53. The number of carboxylic acids is 1. The second kappa shape index (κ2) is 10.1. The standard InChI is InChI=1S/C19H16FN5O2.C2HF3O2/c20-10-13(11-21)12-24-19(26)25-17(2-1-3-18(25)22-24)15-6-4-14(5-7-15)16-8-9-27-23-16;3-2(4,5)1(6)7/h1-10H,11-12,21H2;(H,6,7)/b13-10+;. The summed E-state index contributed by atoms with van der Waals surface area (Å²) in [6.07, 6.45) is -3.15. The second-order valence-corrected chi connectivity index (χ2v) is 6.78. The summed E-state index contributed by atoms with van der Waals surface area (Å²) in [4.78, 5) is 21.7. The maximum Gasteiger partial charge on any atom is 0.490 e. The van der Waals surface area contributed by atoms with Crippen LogP contribution >= 0.6 is 0 Å². The number of carbonyl (C=O) groups is 1. The SMILES string of the molecule is NC/C(=C\F)Cn1nc2cccc(-c3ccc(-c4ccon4)cc3)n2c1=O.O=C(O)C(F)(F)F. The van der Waals surface area contributed by atoms with E-state index in [4.69, 9.17) is 20.2 Å². The largest absolute Gasteiger partial charge is 0.490 e. The van der Waals surface area contributed by atoms with Gasteiger partial charge in [0.15, 0.2) is 5.65 Å². The van der Waals surface area contributed by atoms with E-state index in [2.05, 4.69) is 10.3 Å². The van der Waals surface area contributed by atoms with E-state index in [1.54, 1.807) is 12.1 Å². The molecule has 34 heavy (non-hydrogen) atoms. The van der Waals surface area contributed by atoms with Crippen LogP contribution in [-0.2, 0) is 11.3 Å². The van der Waals surface area contributed by atoms with Gasteiger partial charge in [-0.05, 0) is 23.3 Å². The van der Waals surface area contributed by atoms with Gasteiger partial charge >= 0.3 is 17.8 Å². The third-order valence-electron chi connectivity index (χ3n) is 4.53. The van der Waals surface area contributed by atoms with Crippen molar-refractivity contribution in [1.82, 2.24) is 19.3 Å². The Kier molecular flexibility index (Phi) is 7.26. The van der Waals surface area contributed by atoms with Crippen molar-refractivity contribution < 1.29 is 32.0 Å². The number of hydrogen-bond donors (Lipinski definition) is 2. The first-order chi connectivity index (χ1) is 16.2. The van der Waals surface area contributed by atoms with Crippen molar-refractivity contribution in [3.63, 3.8) is 0 Å². The number of halogens is 4. The Hall–Kier alpha value is -4.26. The van der Waals surface area contributed by atoms with Crippen molar-refractivity contribution in [3.05, 3.63) is 77.2 Å². The van der Waals surface area contributed by atoms with Crippen LogP contribution in [0.5, 0.6) is 0 Å². The van der Waals surface area contributed by atoms with Crippen LogP contribution in [0.4, 0.5) is 17.6 Å². The molecule has 0 aliphatic rings. The molecule has 0 unspecified atom stereocenters. The van der Waals surface area contributed by atoms with Crippen molar-refractivity contribution in [3.8, 4) is 22.5 Å². The fourth-order valence-corrected chi connectivity index (χ4v) is 2.90. The van der Waals surface area contributed by atoms with E-state index in [0.29, 0.717) is 23.2 Å². The minimum atomic E-state index is -5.08. The quantitative estimate of drug-likeness (QED) is 0.421. The number of fused-ring (bicyclic) bond motifs is 1. The van der Waals surface area contributed by atoms with E-state index in [9.17, 15) is 22.4 Å². The van der Waals surface area contributed by atoms with Crippen molar-refractivity contribution in [1.29, 1.82) is 0 Å². The van der Waals surface area contributed by atoms with E-state index >= 15 is 0 Å². The van der Waals surface area contributed by atoms with Crippen LogP contribution in [0.15, 0.2) is 76.0 Å². The van der Waals surface area contributed by atoms with Crippen LogP contribution in [0.3, 0.4) is 0 Å². The summed E-state index contributed by atoms with van der Waals surface area (Å²) in [5.74, 6) is -2.76. The first-order valence-corrected chi connectivity index (χ1v) is 9.53. The smallest absolute Gasteiger partial charge is 0.475 e. The number of aliphatic carboxylic acids is 1. The highest BCUT2D eigenvalue weighted by molar-refractivity contribution is 5.73. The molecule has 0 bridgehead atoms. The van der Waals surface area contributed by atoms with Crippen molar-refractivity contribution in [2.24, 2.45) is 5.73 Å². The van der Waals surface area contributed by atoms with Crippen LogP contribution in [0.1, 0.15) is 0 Å². The molecule has 0 fully saturated rings. The maximum absolute atomic E-state index is 12.8. The van der Waals surface area contributed by atoms with Crippen LogP contribution < -0.4 is 11.4 Å². The minimum absolute atomic E-state index is 0.0120. The maximum atomic E-state index is 12.8. The average molecular weight is 479 g/mol. The summed E-state index contributed by atoms with van der Waals surface area (Å²) in [6.45, 7) is 0.0330. The van der Waals surface area contributed by atoms with Crippen molar-refractivity contribution in [2.45, 2.75) is 12.7 Å². The zero-order chi connectivity index (χ0) is 24.9. The number of aromatic nitrogens is 4. The molecule has 0 aliphatic heterocycles. The van der Waals surface area contributed by atoms with Gasteiger partial charge in [0.2, 0.25) is 0 Å². The number of rotatable bonds is 5. The van der Waals surface area contributed by atoms with Crippen molar-refractivity contribution in [2.75, 3.05) is 6.54 Å². The van der Waals surface area contributed by atoms with Crippen LogP contribution in [0.2, 0.25) is 0 Å². The predicted octanol–water partition coefficient (Wildman–Crippen LogP) is 3.26. The molecule has 4 aromatic rings. The molecule has 0 spiro atoms. The molecular formula is C21H17F4N5O4. The lowest BCUT2D eigenvalue weighted by atomic mass is 10.1. The summed E-state index contributed by atoms with van der Waals surface area (Å²) < 4.78 is 52.1. The second-order valence-electron chi connectivity index (χ2n) is 6.78. The van der Waals surface area contributed by atoms with Gasteiger partial charge in [-0.1, -0.05) is 35.5 Å². The van der Waals surface area contributed by atoms with Crippen LogP contribution in [0, 0.1) is 0 Å². The molecule has 4 rings (SSSR count). The van der Waals surface area contributed by atoms with E-state index < -0.39 is 12.1 Å². The Bertz CT molecular complexity index is 1360. The number of nitrogens with two attached hydrogens (primary N) is 1. The molecule has 178 valence electrons. The van der Waals surface area contributed by atoms with Gasteiger partial charge in [-0.25, -0.2) is 23.1 Å². The molecular weight excluding hydrogens is 462 g/mol. The molecule has 0 saturated heterocycles. The molecule has 0 saturated carbocycles. The highest BCUT2D eigenvalue weighted by atomic mass is 19.4. The fourth-order valence-electron chi connectivity index (χ4n) is 2.90. The summed E-state index contributed by atoms with van der Waals surface area (Å²) in [6, 6.07) is 14.8. The molecule has 0 atom stereocenters. The number of carboxylic acid groups (broad SMARTS) is 1. The van der Waals surface area contributed by atoms with Crippen LogP contribution in [0.25, 0.3) is 28.2 Å². The number of nitrogens with zero attached hydrogens (tertiary/aromatic N) is 4. The van der Waals surface area contributed by atoms with Gasteiger partial charge < -0.3 is 15.4 Å². The molecule has 0 radical (unpaired) electrons. The summed E-state index contributed by atoms with van der Waals surface area (Å²) >= 11 is 0. The predicted molar refractivity (Wildman–Crippen MR) is 112 cm³/mol. The van der Waals surface area contributed by atoms with Gasteiger partial charge in [-0.15, -0.1) is 5.10 Å². The van der Waals surface area contributed by atoms with Crippen molar-refractivity contribution >= 4 is 11.6 Å². The highest BCUT2D eigenvalue weighted by Crippen LogP contribution is 2.24. The molecule has 1 aromatic carbocycles. The summed E-state index contributed by atoms with van der Waals surface area (Å²) in [5, 5.41) is 15.3. The topological polar surface area (TPSA) is 129 Å². The number of pyridine rings is 1. The van der Waals surface area contributed by atoms with Gasteiger partial charge in [0.25, 0.3) is 0 Å². The Morgan fingerprint density at radius 2 is 1.76 bits per heavy atom. The Balaban J connectivity index is 0.000000406. The van der Waals surface area contributed by atoms with E-state index in [1.165, 1.54) is 15.3 Å². The lowest BCUT2D eigenvalue weighted by Gasteiger charge is -2.05. The van der Waals surface area contributed by atoms with E-state index in [0.717, 1.165) is 16.8 Å². The monoisotopic (exact) mass is 479 g/mol. The first kappa shape index (κ1) is 24.4. The van der Waals surface area contributed by atoms with Gasteiger partial charge in [-0.2, -0.15) is 13.2 Å². The van der Waals surface area contributed by atoms with Gasteiger partial charge in [0.1, 0.15) is 12.0 Å². The Morgan fingerprint density at radius 3 is 2.29 bits per heavy atom. The number of hydrogen-bond acceptors (Lipinski definition) is 6. The Labute approximate surface area is 188 Å². The average Bonchev–Trinajstić information content (AvgIpc) is 3.46. The lowest BCUT2D eigenvalue weighted by Crippen LogP contribution is -2.24. The molecule has 3 heterocycles. The zero-order valence-electron chi connectivity index (χ0n) is 17.2.